The fraction of sp³-hybridized carbons (Fsp3) is 0.550. The molecule has 5 aliphatic heterocycles. The Bertz CT molecular complexity index is 784. The number of para-hydroxylation sites is 1. The van der Waals surface area contributed by atoms with Crippen LogP contribution in [0.2, 0.25) is 0 Å². The van der Waals surface area contributed by atoms with Crippen molar-refractivity contribution >= 4 is 11.5 Å². The van der Waals surface area contributed by atoms with Crippen molar-refractivity contribution in [3.8, 4) is 0 Å². The molecule has 0 aromatic heterocycles. The molecule has 3 nitrogen and oxygen atoms in total. The number of carbonyl (C=O) groups is 1. The average Bonchev–Trinajstić information content (AvgIpc) is 2.98. The summed E-state index contributed by atoms with van der Waals surface area (Å²) in [4.78, 5) is 18.9. The molecule has 3 heteroatoms. The quantitative estimate of drug-likeness (QED) is 0.688. The number of carbonyl (C=O) groups excluding carboxylic acids is 1. The first-order chi connectivity index (χ1) is 11.2. The molecule has 118 valence electrons. The summed E-state index contributed by atoms with van der Waals surface area (Å²) < 4.78 is 0. The molecule has 23 heavy (non-hydrogen) atoms. The third-order valence-corrected chi connectivity index (χ3v) is 7.73. The van der Waals surface area contributed by atoms with E-state index in [9.17, 15) is 4.79 Å². The maximum atomic E-state index is 13.7. The highest BCUT2D eigenvalue weighted by molar-refractivity contribution is 6.01. The molecule has 7 atom stereocenters. The topological polar surface area (TPSA) is 23.6 Å². The molecule has 1 saturated carbocycles. The summed E-state index contributed by atoms with van der Waals surface area (Å²) >= 11 is 0. The van der Waals surface area contributed by atoms with E-state index in [1.165, 1.54) is 23.2 Å². The molecule has 5 bridgehead atoms. The third kappa shape index (κ3) is 1.12. The van der Waals surface area contributed by atoms with E-state index < -0.39 is 0 Å². The van der Waals surface area contributed by atoms with E-state index >= 15 is 0 Å². The summed E-state index contributed by atoms with van der Waals surface area (Å²) in [5.74, 6) is 1.31. The molecule has 0 amide bonds. The molecule has 6 aliphatic rings. The van der Waals surface area contributed by atoms with Gasteiger partial charge in [-0.3, -0.25) is 9.69 Å². The summed E-state index contributed by atoms with van der Waals surface area (Å²) in [6, 6.07) is 10.0. The number of hydrogen-bond donors (Lipinski definition) is 0. The van der Waals surface area contributed by atoms with E-state index in [0.29, 0.717) is 29.8 Å². The van der Waals surface area contributed by atoms with Gasteiger partial charge in [-0.1, -0.05) is 29.8 Å². The molecule has 0 radical (unpaired) electrons. The zero-order valence-corrected chi connectivity index (χ0v) is 13.7. The Labute approximate surface area is 137 Å². The summed E-state index contributed by atoms with van der Waals surface area (Å²) in [7, 11) is 2.21. The lowest BCUT2D eigenvalue weighted by atomic mass is 9.65. The minimum absolute atomic E-state index is 0.222. The molecule has 1 unspecified atom stereocenters. The predicted molar refractivity (Wildman–Crippen MR) is 89.6 cm³/mol. The second-order valence-corrected chi connectivity index (χ2v) is 8.15. The van der Waals surface area contributed by atoms with Gasteiger partial charge in [0, 0.05) is 37.3 Å². The van der Waals surface area contributed by atoms with Gasteiger partial charge >= 0.3 is 0 Å². The van der Waals surface area contributed by atoms with Crippen molar-refractivity contribution < 1.29 is 4.79 Å². The first-order valence-electron chi connectivity index (χ1n) is 8.96. The predicted octanol–water partition coefficient (Wildman–Crippen LogP) is 2.36. The fourth-order valence-electron chi connectivity index (χ4n) is 7.05. The first-order valence-corrected chi connectivity index (χ1v) is 8.96. The molecular formula is C20H22N2O. The van der Waals surface area contributed by atoms with Crippen LogP contribution in [0.5, 0.6) is 0 Å². The van der Waals surface area contributed by atoms with Crippen LogP contribution < -0.4 is 4.90 Å². The number of anilines is 1. The SMILES string of the molecule is C/C=C1/CN2[C@@H]3C[C@]45C(=O)[C@@H]3[C@@H]1C[C@@H]2[C@@H]4N(C)c1ccccc15. The van der Waals surface area contributed by atoms with Crippen LogP contribution in [0.15, 0.2) is 35.9 Å². The molecule has 7 rings (SSSR count). The molecule has 1 aromatic rings. The molecule has 5 fully saturated rings. The van der Waals surface area contributed by atoms with Crippen LogP contribution >= 0.6 is 0 Å². The number of Topliss-reactive ketones (excluding diaryl/α,β-unsaturated/α-hetero) is 1. The van der Waals surface area contributed by atoms with Crippen LogP contribution in [0.4, 0.5) is 5.69 Å². The van der Waals surface area contributed by atoms with Crippen LogP contribution in [-0.2, 0) is 10.2 Å². The first kappa shape index (κ1) is 12.8. The summed E-state index contributed by atoms with van der Waals surface area (Å²) in [5.41, 5.74) is 3.91. The van der Waals surface area contributed by atoms with E-state index in [1.54, 1.807) is 0 Å². The Balaban J connectivity index is 1.64. The Morgan fingerprint density at radius 1 is 1.26 bits per heavy atom. The lowest BCUT2D eigenvalue weighted by Gasteiger charge is -2.58. The van der Waals surface area contributed by atoms with Gasteiger partial charge in [0.15, 0.2) is 5.78 Å². The average molecular weight is 306 g/mol. The summed E-state index contributed by atoms with van der Waals surface area (Å²) in [6.45, 7) is 3.24. The van der Waals surface area contributed by atoms with Gasteiger partial charge in [-0.15, -0.1) is 0 Å². The van der Waals surface area contributed by atoms with Gasteiger partial charge in [0.1, 0.15) is 0 Å². The minimum atomic E-state index is -0.222. The number of hydrogen-bond acceptors (Lipinski definition) is 3. The van der Waals surface area contributed by atoms with E-state index in [0.717, 1.165) is 13.0 Å². The molecule has 1 spiro atoms. The van der Waals surface area contributed by atoms with Gasteiger partial charge in [0.2, 0.25) is 0 Å². The van der Waals surface area contributed by atoms with Gasteiger partial charge in [-0.05, 0) is 37.3 Å². The second kappa shape index (κ2) is 3.72. The smallest absolute Gasteiger partial charge is 0.150 e. The van der Waals surface area contributed by atoms with E-state index in [2.05, 4.69) is 54.1 Å². The zero-order valence-electron chi connectivity index (χ0n) is 13.7. The van der Waals surface area contributed by atoms with Gasteiger partial charge in [0.25, 0.3) is 0 Å². The maximum absolute atomic E-state index is 13.7. The number of allylic oxidation sites excluding steroid dienone is 1. The Kier molecular flexibility index (Phi) is 2.07. The molecule has 5 heterocycles. The number of rotatable bonds is 0. The minimum Gasteiger partial charge on any atom is -0.368 e. The number of nitrogens with zero attached hydrogens (tertiary/aromatic N) is 2. The zero-order chi connectivity index (χ0) is 15.5. The summed E-state index contributed by atoms with van der Waals surface area (Å²) in [6.07, 6.45) is 4.50. The highest BCUT2D eigenvalue weighted by atomic mass is 16.1. The number of piperidine rings is 4. The van der Waals surface area contributed by atoms with Crippen molar-refractivity contribution in [1.82, 2.24) is 4.90 Å². The molecule has 0 N–H and O–H groups in total. The molecule has 4 saturated heterocycles. The number of fused-ring (bicyclic) bond motifs is 2. The largest absolute Gasteiger partial charge is 0.368 e. The van der Waals surface area contributed by atoms with Crippen LogP contribution in [0.1, 0.15) is 25.3 Å². The Hall–Kier alpha value is -1.61. The van der Waals surface area contributed by atoms with Crippen LogP contribution in [0.25, 0.3) is 0 Å². The van der Waals surface area contributed by atoms with Gasteiger partial charge in [-0.25, -0.2) is 0 Å². The monoisotopic (exact) mass is 306 g/mol. The standard InChI is InChI=1S/C20H22N2O/c1-3-11-10-22-15-8-12(11)17-16(22)9-20(19(17)23)13-6-4-5-7-14(13)21(2)18(15)20/h3-7,12,15-18H,8-10H2,1-2H3/b11-3-/t12-,15-,16-,17-,18+,20-/m1/s1. The number of likely N-dealkylation sites (N-methyl/N-ethyl adjacent to an activating group) is 1. The molecule has 1 aliphatic carbocycles. The van der Waals surface area contributed by atoms with Crippen LogP contribution in [0, 0.1) is 11.8 Å². The third-order valence-electron chi connectivity index (χ3n) is 7.73. The fourth-order valence-corrected chi connectivity index (χ4v) is 7.05. The lowest BCUT2D eigenvalue weighted by molar-refractivity contribution is -0.126. The van der Waals surface area contributed by atoms with Gasteiger partial charge < -0.3 is 4.90 Å². The van der Waals surface area contributed by atoms with Crippen molar-refractivity contribution in [2.75, 3.05) is 18.5 Å². The van der Waals surface area contributed by atoms with Crippen LogP contribution in [-0.4, -0.2) is 42.4 Å². The number of benzene rings is 1. The van der Waals surface area contributed by atoms with Crippen LogP contribution in [0.3, 0.4) is 0 Å². The van der Waals surface area contributed by atoms with Crippen molar-refractivity contribution in [3.05, 3.63) is 41.5 Å². The molecular weight excluding hydrogens is 284 g/mol. The number of ketones is 1. The van der Waals surface area contributed by atoms with E-state index in [-0.39, 0.29) is 11.3 Å². The Morgan fingerprint density at radius 3 is 2.91 bits per heavy atom. The highest BCUT2D eigenvalue weighted by Gasteiger charge is 2.74. The highest BCUT2D eigenvalue weighted by Crippen LogP contribution is 2.66. The maximum Gasteiger partial charge on any atom is 0.150 e. The van der Waals surface area contributed by atoms with Crippen molar-refractivity contribution in [2.45, 2.75) is 43.3 Å². The van der Waals surface area contributed by atoms with Gasteiger partial charge in [-0.2, -0.15) is 0 Å². The van der Waals surface area contributed by atoms with Crippen molar-refractivity contribution in [3.63, 3.8) is 0 Å². The van der Waals surface area contributed by atoms with E-state index in [4.69, 9.17) is 0 Å². The lowest BCUT2D eigenvalue weighted by Crippen LogP contribution is -2.68. The van der Waals surface area contributed by atoms with E-state index in [1.807, 2.05) is 0 Å². The van der Waals surface area contributed by atoms with Crippen molar-refractivity contribution in [2.24, 2.45) is 11.8 Å². The summed E-state index contributed by atoms with van der Waals surface area (Å²) in [5, 5.41) is 0. The second-order valence-electron chi connectivity index (χ2n) is 8.15. The Morgan fingerprint density at radius 2 is 2.09 bits per heavy atom. The van der Waals surface area contributed by atoms with Crippen molar-refractivity contribution in [1.29, 1.82) is 0 Å². The molecule has 1 aromatic carbocycles. The normalized spacial score (nSPS) is 49.9. The van der Waals surface area contributed by atoms with Gasteiger partial charge in [0.05, 0.1) is 11.5 Å².